The molecule has 7 heteroatoms. The predicted molar refractivity (Wildman–Crippen MR) is 91.4 cm³/mol. The van der Waals surface area contributed by atoms with Gasteiger partial charge in [0.25, 0.3) is 5.91 Å². The van der Waals surface area contributed by atoms with Gasteiger partial charge < -0.3 is 15.2 Å². The molecule has 0 fully saturated rings. The lowest BCUT2D eigenvalue weighted by Gasteiger charge is -2.16. The Labute approximate surface area is 140 Å². The average Bonchev–Trinajstić information content (AvgIpc) is 3.00. The Hall–Kier alpha value is -2.67. The normalized spacial score (nSPS) is 14.9. The van der Waals surface area contributed by atoms with E-state index in [0.29, 0.717) is 5.56 Å². The Morgan fingerprint density at radius 2 is 2.17 bits per heavy atom. The number of benzene rings is 1. The van der Waals surface area contributed by atoms with Crippen LogP contribution in [0.5, 0.6) is 0 Å². The number of anilines is 1. The van der Waals surface area contributed by atoms with Gasteiger partial charge in [-0.15, -0.1) is 6.58 Å². The first-order valence-electron chi connectivity index (χ1n) is 7.65. The fourth-order valence-electron chi connectivity index (χ4n) is 2.23. The number of carbonyl (C=O) groups is 2. The van der Waals surface area contributed by atoms with Gasteiger partial charge in [-0.1, -0.05) is 6.08 Å². The van der Waals surface area contributed by atoms with E-state index >= 15 is 0 Å². The maximum atomic E-state index is 12.2. The second-order valence-corrected chi connectivity index (χ2v) is 5.45. The largest absolute Gasteiger partial charge is 0.480 e. The molecule has 1 amide bonds. The fourth-order valence-corrected chi connectivity index (χ4v) is 2.23. The summed E-state index contributed by atoms with van der Waals surface area (Å²) >= 11 is 0. The standard InChI is InChI=1S/C17H21N3O4/c1-3-10-24-11-15(17(22)23)18-16(21)13-4-6-14(7-5-13)20-9-8-12(2)19-20/h3-7,15H,1,8-11H2,2H3,(H,18,21)(H,22,23). The molecule has 128 valence electrons. The van der Waals surface area contributed by atoms with Crippen molar-refractivity contribution in [3.05, 3.63) is 42.5 Å². The van der Waals surface area contributed by atoms with Crippen LogP contribution in [0, 0.1) is 0 Å². The van der Waals surface area contributed by atoms with Crippen molar-refractivity contribution < 1.29 is 19.4 Å². The maximum absolute atomic E-state index is 12.2. The molecule has 0 aliphatic carbocycles. The van der Waals surface area contributed by atoms with Crippen molar-refractivity contribution in [1.82, 2.24) is 5.32 Å². The third-order valence-corrected chi connectivity index (χ3v) is 3.53. The van der Waals surface area contributed by atoms with Gasteiger partial charge in [0.15, 0.2) is 6.04 Å². The molecule has 0 saturated carbocycles. The van der Waals surface area contributed by atoms with Crippen LogP contribution in [0.15, 0.2) is 42.0 Å². The van der Waals surface area contributed by atoms with Crippen LogP contribution in [0.3, 0.4) is 0 Å². The highest BCUT2D eigenvalue weighted by atomic mass is 16.5. The summed E-state index contributed by atoms with van der Waals surface area (Å²) in [4.78, 5) is 23.4. The number of aliphatic carboxylic acids is 1. The number of hydrogen-bond donors (Lipinski definition) is 2. The number of carboxylic acid groups (broad SMARTS) is 1. The van der Waals surface area contributed by atoms with E-state index in [-0.39, 0.29) is 13.2 Å². The Kier molecular flexibility index (Phi) is 6.08. The topological polar surface area (TPSA) is 91.2 Å². The Morgan fingerprint density at radius 1 is 1.46 bits per heavy atom. The lowest BCUT2D eigenvalue weighted by atomic mass is 10.1. The van der Waals surface area contributed by atoms with Gasteiger partial charge in [-0.05, 0) is 31.2 Å². The number of nitrogens with zero attached hydrogens (tertiary/aromatic N) is 2. The number of ether oxygens (including phenoxy) is 1. The SMILES string of the molecule is C=CCOCC(NC(=O)c1ccc(N2CCC(C)=N2)cc1)C(=O)O. The number of hydrazone groups is 1. The first-order valence-corrected chi connectivity index (χ1v) is 7.65. The molecule has 0 bridgehead atoms. The van der Waals surface area contributed by atoms with Gasteiger partial charge in [0, 0.05) is 24.2 Å². The molecule has 0 saturated heterocycles. The van der Waals surface area contributed by atoms with E-state index in [4.69, 9.17) is 9.84 Å². The van der Waals surface area contributed by atoms with Crippen molar-refractivity contribution >= 4 is 23.3 Å². The zero-order valence-electron chi connectivity index (χ0n) is 13.6. The molecule has 0 radical (unpaired) electrons. The van der Waals surface area contributed by atoms with E-state index < -0.39 is 17.9 Å². The van der Waals surface area contributed by atoms with Crippen molar-refractivity contribution in [2.75, 3.05) is 24.8 Å². The Balaban J connectivity index is 1.98. The van der Waals surface area contributed by atoms with E-state index in [1.54, 1.807) is 24.3 Å². The molecule has 7 nitrogen and oxygen atoms in total. The van der Waals surface area contributed by atoms with Crippen LogP contribution < -0.4 is 10.3 Å². The van der Waals surface area contributed by atoms with E-state index in [0.717, 1.165) is 24.4 Å². The van der Waals surface area contributed by atoms with Crippen LogP contribution in [0.4, 0.5) is 5.69 Å². The monoisotopic (exact) mass is 331 g/mol. The van der Waals surface area contributed by atoms with Gasteiger partial charge in [0.2, 0.25) is 0 Å². The molecule has 0 aromatic heterocycles. The second kappa shape index (κ2) is 8.26. The van der Waals surface area contributed by atoms with Gasteiger partial charge in [-0.2, -0.15) is 5.10 Å². The van der Waals surface area contributed by atoms with Crippen LogP contribution in [-0.4, -0.2) is 48.5 Å². The van der Waals surface area contributed by atoms with E-state index in [1.165, 1.54) is 6.08 Å². The molecular formula is C17H21N3O4. The van der Waals surface area contributed by atoms with Gasteiger partial charge in [-0.3, -0.25) is 9.80 Å². The molecule has 0 spiro atoms. The van der Waals surface area contributed by atoms with Crippen molar-refractivity contribution in [1.29, 1.82) is 0 Å². The summed E-state index contributed by atoms with van der Waals surface area (Å²) in [5.74, 6) is -1.61. The zero-order valence-corrected chi connectivity index (χ0v) is 13.6. The summed E-state index contributed by atoms with van der Waals surface area (Å²) in [6.45, 7) is 6.38. The minimum Gasteiger partial charge on any atom is -0.480 e. The van der Waals surface area contributed by atoms with Gasteiger partial charge in [0.1, 0.15) is 0 Å². The molecule has 2 rings (SSSR count). The van der Waals surface area contributed by atoms with Gasteiger partial charge in [0.05, 0.1) is 18.9 Å². The minimum atomic E-state index is -1.15. The Morgan fingerprint density at radius 3 is 2.71 bits per heavy atom. The smallest absolute Gasteiger partial charge is 0.328 e. The molecule has 1 unspecified atom stereocenters. The molecule has 24 heavy (non-hydrogen) atoms. The molecule has 2 N–H and O–H groups in total. The highest BCUT2D eigenvalue weighted by Gasteiger charge is 2.21. The number of amides is 1. The summed E-state index contributed by atoms with van der Waals surface area (Å²) in [5, 5.41) is 17.9. The van der Waals surface area contributed by atoms with Gasteiger partial charge in [-0.25, -0.2) is 4.79 Å². The minimum absolute atomic E-state index is 0.118. The van der Waals surface area contributed by atoms with E-state index in [2.05, 4.69) is 17.0 Å². The van der Waals surface area contributed by atoms with E-state index in [9.17, 15) is 9.59 Å². The number of hydrogen-bond acceptors (Lipinski definition) is 5. The zero-order chi connectivity index (χ0) is 17.5. The molecule has 1 aromatic carbocycles. The number of nitrogens with one attached hydrogen (secondary N) is 1. The molecule has 1 aliphatic heterocycles. The summed E-state index contributed by atoms with van der Waals surface area (Å²) in [6, 6.07) is 5.78. The number of carbonyl (C=O) groups excluding carboxylic acids is 1. The number of carboxylic acids is 1. The van der Waals surface area contributed by atoms with Crippen molar-refractivity contribution in [3.8, 4) is 0 Å². The van der Waals surface area contributed by atoms with Gasteiger partial charge >= 0.3 is 5.97 Å². The summed E-state index contributed by atoms with van der Waals surface area (Å²) in [5.41, 5.74) is 2.35. The van der Waals surface area contributed by atoms with Crippen LogP contribution in [0.25, 0.3) is 0 Å². The van der Waals surface area contributed by atoms with Crippen molar-refractivity contribution in [2.45, 2.75) is 19.4 Å². The first kappa shape index (κ1) is 17.7. The average molecular weight is 331 g/mol. The molecular weight excluding hydrogens is 310 g/mol. The van der Waals surface area contributed by atoms with Crippen molar-refractivity contribution in [2.24, 2.45) is 5.10 Å². The summed E-state index contributed by atoms with van der Waals surface area (Å²) < 4.78 is 5.10. The highest BCUT2D eigenvalue weighted by molar-refractivity contribution is 5.97. The van der Waals surface area contributed by atoms with Crippen LogP contribution >= 0.6 is 0 Å². The molecule has 1 heterocycles. The second-order valence-electron chi connectivity index (χ2n) is 5.45. The summed E-state index contributed by atoms with van der Waals surface area (Å²) in [6.07, 6.45) is 2.44. The van der Waals surface area contributed by atoms with Crippen molar-refractivity contribution in [3.63, 3.8) is 0 Å². The third-order valence-electron chi connectivity index (χ3n) is 3.53. The summed E-state index contributed by atoms with van der Waals surface area (Å²) in [7, 11) is 0. The fraction of sp³-hybridized carbons (Fsp3) is 0.353. The highest BCUT2D eigenvalue weighted by Crippen LogP contribution is 2.19. The molecule has 1 aliphatic rings. The lowest BCUT2D eigenvalue weighted by molar-refractivity contribution is -0.140. The molecule has 1 aromatic rings. The Bertz CT molecular complexity index is 640. The predicted octanol–water partition coefficient (Wildman–Crippen LogP) is 1.66. The van der Waals surface area contributed by atoms with E-state index in [1.807, 2.05) is 11.9 Å². The van der Waals surface area contributed by atoms with Crippen LogP contribution in [0.2, 0.25) is 0 Å². The van der Waals surface area contributed by atoms with Crippen LogP contribution in [0.1, 0.15) is 23.7 Å². The lowest BCUT2D eigenvalue weighted by Crippen LogP contribution is -2.44. The molecule has 1 atom stereocenters. The van der Waals surface area contributed by atoms with Crippen LogP contribution in [-0.2, 0) is 9.53 Å². The number of rotatable bonds is 8. The first-order chi connectivity index (χ1) is 11.5. The quantitative estimate of drug-likeness (QED) is 0.558. The maximum Gasteiger partial charge on any atom is 0.328 e. The third kappa shape index (κ3) is 4.66.